The summed E-state index contributed by atoms with van der Waals surface area (Å²) in [5.41, 5.74) is 16.5. The Morgan fingerprint density at radius 2 is 0.836 bits per heavy atom. The van der Waals surface area contributed by atoms with E-state index in [0.29, 0.717) is 0 Å². The lowest BCUT2D eigenvalue weighted by Crippen LogP contribution is -2.09. The first-order valence-corrected chi connectivity index (χ1v) is 23.7. The summed E-state index contributed by atoms with van der Waals surface area (Å²) >= 11 is 1.85. The highest BCUT2D eigenvalue weighted by atomic mass is 32.1. The van der Waals surface area contributed by atoms with E-state index in [9.17, 15) is 0 Å². The van der Waals surface area contributed by atoms with Crippen LogP contribution in [0.5, 0.6) is 0 Å². The number of fused-ring (bicyclic) bond motifs is 8. The Balaban J connectivity index is 0.915. The summed E-state index contributed by atoms with van der Waals surface area (Å²) in [5.74, 6) is 0. The van der Waals surface area contributed by atoms with Crippen molar-refractivity contribution in [1.29, 1.82) is 0 Å². The summed E-state index contributed by atoms with van der Waals surface area (Å²) in [7, 11) is 0. The third-order valence-electron chi connectivity index (χ3n) is 13.4. The van der Waals surface area contributed by atoms with Crippen molar-refractivity contribution >= 4 is 81.1 Å². The molecule has 67 heavy (non-hydrogen) atoms. The van der Waals surface area contributed by atoms with E-state index in [0.717, 1.165) is 22.7 Å². The second-order valence-corrected chi connectivity index (χ2v) is 18.4. The van der Waals surface area contributed by atoms with Gasteiger partial charge in [-0.05, 0) is 123 Å². The van der Waals surface area contributed by atoms with Gasteiger partial charge >= 0.3 is 0 Å². The normalized spacial score (nSPS) is 11.6. The molecule has 0 saturated heterocycles. The Labute approximate surface area is 393 Å². The summed E-state index contributed by atoms with van der Waals surface area (Å²) in [6.07, 6.45) is 0. The van der Waals surface area contributed by atoms with E-state index in [1.54, 1.807) is 0 Å². The molecular formula is C64H42N2S. The van der Waals surface area contributed by atoms with Crippen molar-refractivity contribution in [3.05, 3.63) is 255 Å². The minimum atomic E-state index is 1.10. The molecule has 11 aromatic carbocycles. The zero-order valence-corrected chi connectivity index (χ0v) is 37.4. The number of nitrogens with zero attached hydrogens (tertiary/aromatic N) is 2. The van der Waals surface area contributed by atoms with Gasteiger partial charge in [0.2, 0.25) is 0 Å². The molecular weight excluding hydrogens is 829 g/mol. The third-order valence-corrected chi connectivity index (χ3v) is 14.5. The molecule has 0 bridgehead atoms. The largest absolute Gasteiger partial charge is 0.310 e. The van der Waals surface area contributed by atoms with E-state index in [-0.39, 0.29) is 0 Å². The maximum Gasteiger partial charge on any atom is 0.0619 e. The van der Waals surface area contributed by atoms with Gasteiger partial charge in [-0.25, -0.2) is 0 Å². The van der Waals surface area contributed by atoms with Gasteiger partial charge in [-0.15, -0.1) is 11.3 Å². The van der Waals surface area contributed by atoms with Crippen molar-refractivity contribution in [2.24, 2.45) is 0 Å². The Bertz CT molecular complexity index is 3940. The number of hydrogen-bond acceptors (Lipinski definition) is 2. The van der Waals surface area contributed by atoms with Crippen LogP contribution in [0.15, 0.2) is 255 Å². The Morgan fingerprint density at radius 3 is 1.55 bits per heavy atom. The standard InChI is InChI=1S/C64H42N2S/c1-4-14-45(15-5-1)54-36-29-48(40-59(54)46-16-6-2-7-17-46)43-24-31-51(32-25-43)65(53-35-39-63-60(42-53)57-22-12-13-23-62(57)67-63)52-33-26-44(27-34-52)49-30-37-56-58-38-28-47-18-10-11-21-55(47)64(58)66(61(56)41-49)50-19-8-3-9-20-50/h1-42H. The van der Waals surface area contributed by atoms with Crippen molar-refractivity contribution < 1.29 is 0 Å². The molecule has 0 radical (unpaired) electrons. The molecule has 0 aliphatic rings. The second kappa shape index (κ2) is 16.2. The predicted octanol–water partition coefficient (Wildman–Crippen LogP) is 18.4. The molecule has 0 spiro atoms. The monoisotopic (exact) mass is 870 g/mol. The number of thiophene rings is 1. The summed E-state index contributed by atoms with van der Waals surface area (Å²) in [4.78, 5) is 2.40. The lowest BCUT2D eigenvalue weighted by atomic mass is 9.91. The van der Waals surface area contributed by atoms with Gasteiger partial charge in [0.25, 0.3) is 0 Å². The smallest absolute Gasteiger partial charge is 0.0619 e. The Kier molecular flexibility index (Phi) is 9.40. The average molecular weight is 871 g/mol. The van der Waals surface area contributed by atoms with Gasteiger partial charge in [-0.2, -0.15) is 0 Å². The molecule has 0 aliphatic carbocycles. The lowest BCUT2D eigenvalue weighted by molar-refractivity contribution is 1.19. The molecule has 0 atom stereocenters. The van der Waals surface area contributed by atoms with Crippen molar-refractivity contribution in [2.45, 2.75) is 0 Å². The van der Waals surface area contributed by atoms with Crippen LogP contribution in [-0.2, 0) is 0 Å². The van der Waals surface area contributed by atoms with Crippen molar-refractivity contribution in [2.75, 3.05) is 4.90 Å². The number of aromatic nitrogens is 1. The molecule has 2 heterocycles. The van der Waals surface area contributed by atoms with E-state index >= 15 is 0 Å². The fourth-order valence-corrected chi connectivity index (χ4v) is 11.2. The fraction of sp³-hybridized carbons (Fsp3) is 0. The first kappa shape index (κ1) is 38.9. The zero-order valence-electron chi connectivity index (χ0n) is 36.6. The van der Waals surface area contributed by atoms with Crippen LogP contribution in [0.3, 0.4) is 0 Å². The molecule has 2 aromatic heterocycles. The van der Waals surface area contributed by atoms with E-state index in [2.05, 4.69) is 264 Å². The van der Waals surface area contributed by atoms with Gasteiger partial charge in [-0.3, -0.25) is 0 Å². The summed E-state index contributed by atoms with van der Waals surface area (Å²) in [6.45, 7) is 0. The quantitative estimate of drug-likeness (QED) is 0.148. The lowest BCUT2D eigenvalue weighted by Gasteiger charge is -2.26. The van der Waals surface area contributed by atoms with Gasteiger partial charge in [0.15, 0.2) is 0 Å². The summed E-state index contributed by atoms with van der Waals surface area (Å²) in [6, 6.07) is 93.1. The van der Waals surface area contributed by atoms with Crippen LogP contribution in [0.4, 0.5) is 17.1 Å². The fourth-order valence-electron chi connectivity index (χ4n) is 10.2. The average Bonchev–Trinajstić information content (AvgIpc) is 3.95. The predicted molar refractivity (Wildman–Crippen MR) is 288 cm³/mol. The highest BCUT2D eigenvalue weighted by Gasteiger charge is 2.19. The Morgan fingerprint density at radius 1 is 0.299 bits per heavy atom. The molecule has 0 N–H and O–H groups in total. The number of hydrogen-bond donors (Lipinski definition) is 0. The highest BCUT2D eigenvalue weighted by Crippen LogP contribution is 2.43. The van der Waals surface area contributed by atoms with Crippen LogP contribution in [0, 0.1) is 0 Å². The van der Waals surface area contributed by atoms with Gasteiger partial charge in [0.05, 0.1) is 11.0 Å². The van der Waals surface area contributed by atoms with Gasteiger partial charge in [-0.1, -0.05) is 182 Å². The summed E-state index contributed by atoms with van der Waals surface area (Å²) < 4.78 is 5.04. The zero-order chi connectivity index (χ0) is 44.3. The van der Waals surface area contributed by atoms with E-state index in [4.69, 9.17) is 0 Å². The number of anilines is 3. The highest BCUT2D eigenvalue weighted by molar-refractivity contribution is 7.25. The number of para-hydroxylation sites is 1. The second-order valence-electron chi connectivity index (χ2n) is 17.3. The van der Waals surface area contributed by atoms with Gasteiger partial charge in [0, 0.05) is 59.1 Å². The first-order valence-electron chi connectivity index (χ1n) is 22.9. The maximum absolute atomic E-state index is 2.45. The van der Waals surface area contributed by atoms with E-state index < -0.39 is 0 Å². The molecule has 0 amide bonds. The number of benzene rings is 11. The van der Waals surface area contributed by atoms with E-state index in [1.165, 1.54) is 97.3 Å². The van der Waals surface area contributed by atoms with Crippen molar-refractivity contribution in [3.63, 3.8) is 0 Å². The number of rotatable bonds is 8. The van der Waals surface area contributed by atoms with Crippen LogP contribution < -0.4 is 4.90 Å². The van der Waals surface area contributed by atoms with Crippen LogP contribution in [0.25, 0.3) is 103 Å². The van der Waals surface area contributed by atoms with Crippen LogP contribution in [-0.4, -0.2) is 4.57 Å². The molecule has 0 saturated carbocycles. The summed E-state index contributed by atoms with van der Waals surface area (Å²) in [5, 5.41) is 7.57. The van der Waals surface area contributed by atoms with Gasteiger partial charge in [0.1, 0.15) is 0 Å². The molecule has 0 fully saturated rings. The molecule has 2 nitrogen and oxygen atoms in total. The molecule has 0 aliphatic heterocycles. The van der Waals surface area contributed by atoms with Crippen LogP contribution >= 0.6 is 11.3 Å². The maximum atomic E-state index is 2.45. The van der Waals surface area contributed by atoms with Crippen molar-refractivity contribution in [1.82, 2.24) is 4.57 Å². The minimum absolute atomic E-state index is 1.10. The molecule has 3 heteroatoms. The van der Waals surface area contributed by atoms with Crippen LogP contribution in [0.2, 0.25) is 0 Å². The van der Waals surface area contributed by atoms with Crippen molar-refractivity contribution in [3.8, 4) is 50.2 Å². The molecule has 13 aromatic rings. The topological polar surface area (TPSA) is 8.17 Å². The molecule has 13 rings (SSSR count). The van der Waals surface area contributed by atoms with Gasteiger partial charge < -0.3 is 9.47 Å². The molecule has 0 unspecified atom stereocenters. The first-order chi connectivity index (χ1) is 33.2. The SMILES string of the molecule is c1ccc(-c2ccc(-c3ccc(N(c4ccc(-c5ccc6c7ccc8ccccc8c7n(-c7ccccc7)c6c5)cc4)c4ccc5sc6ccccc6c5c4)cc3)cc2-c2ccccc2)cc1. The molecule has 314 valence electrons. The Hall–Kier alpha value is -8.50. The third kappa shape index (κ3) is 6.79. The van der Waals surface area contributed by atoms with Crippen LogP contribution in [0.1, 0.15) is 0 Å². The van der Waals surface area contributed by atoms with E-state index in [1.807, 2.05) is 11.3 Å². The minimum Gasteiger partial charge on any atom is -0.310 e.